The summed E-state index contributed by atoms with van der Waals surface area (Å²) in [6.07, 6.45) is 2.30. The van der Waals surface area contributed by atoms with E-state index < -0.39 is 0 Å². The molecule has 1 aliphatic carbocycles. The van der Waals surface area contributed by atoms with Crippen LogP contribution in [0.25, 0.3) is 11.0 Å². The van der Waals surface area contributed by atoms with Crippen LogP contribution >= 0.6 is 11.3 Å². The number of benzene rings is 2. The second-order valence-corrected chi connectivity index (χ2v) is 8.57. The number of aromatic nitrogens is 2. The molecule has 0 spiro atoms. The lowest BCUT2D eigenvalue weighted by Gasteiger charge is -2.08. The van der Waals surface area contributed by atoms with Crippen molar-refractivity contribution < 1.29 is 13.9 Å². The van der Waals surface area contributed by atoms with E-state index in [1.165, 1.54) is 17.4 Å². The summed E-state index contributed by atoms with van der Waals surface area (Å²) in [5.74, 6) is 0.904. The first kappa shape index (κ1) is 19.4. The molecule has 7 nitrogen and oxygen atoms in total. The highest BCUT2D eigenvalue weighted by atomic mass is 32.1. The molecule has 1 aliphatic rings. The number of rotatable bonds is 6. The molecule has 8 heteroatoms. The molecule has 1 amide bonds. The summed E-state index contributed by atoms with van der Waals surface area (Å²) >= 11 is 1.44. The van der Waals surface area contributed by atoms with Crippen LogP contribution < -0.4 is 15.7 Å². The van der Waals surface area contributed by atoms with Gasteiger partial charge in [-0.25, -0.2) is 4.79 Å². The Kier molecular flexibility index (Phi) is 4.99. The molecule has 0 radical (unpaired) electrons. The number of carbonyl (C=O) groups is 1. The van der Waals surface area contributed by atoms with Gasteiger partial charge in [0.25, 0.3) is 5.91 Å². The monoisotopic (exact) mass is 433 g/mol. The highest BCUT2D eigenvalue weighted by molar-refractivity contribution is 7.15. The number of anilines is 1. The van der Waals surface area contributed by atoms with Crippen LogP contribution in [0.3, 0.4) is 0 Å². The summed E-state index contributed by atoms with van der Waals surface area (Å²) in [6.45, 7) is 2.19. The van der Waals surface area contributed by atoms with E-state index >= 15 is 0 Å². The minimum absolute atomic E-state index is 0.217. The maximum atomic E-state index is 12.4. The molecule has 0 aliphatic heterocycles. The minimum Gasteiger partial charge on any atom is -0.489 e. The van der Waals surface area contributed by atoms with Crippen molar-refractivity contribution >= 4 is 33.3 Å². The zero-order valence-corrected chi connectivity index (χ0v) is 17.6. The Morgan fingerprint density at radius 2 is 1.97 bits per heavy atom. The van der Waals surface area contributed by atoms with E-state index in [-0.39, 0.29) is 11.5 Å². The Labute approximate surface area is 181 Å². The van der Waals surface area contributed by atoms with Crippen LogP contribution in [0.1, 0.15) is 45.3 Å². The van der Waals surface area contributed by atoms with Gasteiger partial charge in [0.1, 0.15) is 22.9 Å². The SMILES string of the molecule is Cc1cc(=O)oc2cc(OCc3ccc(C(=O)Nc4nnc(C5CC5)s4)cc3)ccc12. The van der Waals surface area contributed by atoms with Gasteiger partial charge in [-0.1, -0.05) is 23.5 Å². The highest BCUT2D eigenvalue weighted by Crippen LogP contribution is 2.42. The van der Waals surface area contributed by atoms with Gasteiger partial charge in [-0.15, -0.1) is 10.2 Å². The predicted molar refractivity (Wildman–Crippen MR) is 118 cm³/mol. The molecule has 2 heterocycles. The fraction of sp³-hybridized carbons (Fsp3) is 0.217. The van der Waals surface area contributed by atoms with Crippen molar-refractivity contribution in [2.24, 2.45) is 0 Å². The van der Waals surface area contributed by atoms with Crippen LogP contribution in [-0.2, 0) is 6.61 Å². The number of hydrogen-bond acceptors (Lipinski definition) is 7. The van der Waals surface area contributed by atoms with Gasteiger partial charge < -0.3 is 9.15 Å². The third kappa shape index (κ3) is 4.34. The van der Waals surface area contributed by atoms with E-state index in [9.17, 15) is 9.59 Å². The van der Waals surface area contributed by atoms with Gasteiger partial charge in [-0.3, -0.25) is 10.1 Å². The summed E-state index contributed by atoms with van der Waals surface area (Å²) in [4.78, 5) is 24.0. The van der Waals surface area contributed by atoms with Gasteiger partial charge in [0.05, 0.1) is 0 Å². The van der Waals surface area contributed by atoms with Gasteiger partial charge >= 0.3 is 5.63 Å². The van der Waals surface area contributed by atoms with Crippen molar-refractivity contribution in [2.45, 2.75) is 32.3 Å². The van der Waals surface area contributed by atoms with E-state index in [1.807, 2.05) is 31.2 Å². The second kappa shape index (κ2) is 7.96. The third-order valence-electron chi connectivity index (χ3n) is 5.13. The number of hydrogen-bond donors (Lipinski definition) is 1. The molecule has 0 saturated heterocycles. The summed E-state index contributed by atoms with van der Waals surface area (Å²) in [5, 5.41) is 13.4. The van der Waals surface area contributed by atoms with Crippen LogP contribution in [0, 0.1) is 6.92 Å². The quantitative estimate of drug-likeness (QED) is 0.445. The van der Waals surface area contributed by atoms with Crippen LogP contribution in [0.15, 0.2) is 57.7 Å². The number of aryl methyl sites for hydroxylation is 1. The Morgan fingerprint density at radius 1 is 1.16 bits per heavy atom. The maximum absolute atomic E-state index is 12.4. The zero-order chi connectivity index (χ0) is 21.4. The number of carbonyl (C=O) groups excluding carboxylic acids is 1. The number of nitrogens with zero attached hydrogens (tertiary/aromatic N) is 2. The summed E-state index contributed by atoms with van der Waals surface area (Å²) in [7, 11) is 0. The lowest BCUT2D eigenvalue weighted by Crippen LogP contribution is -2.11. The van der Waals surface area contributed by atoms with E-state index in [1.54, 1.807) is 18.2 Å². The second-order valence-electron chi connectivity index (χ2n) is 7.57. The van der Waals surface area contributed by atoms with Crippen LogP contribution in [-0.4, -0.2) is 16.1 Å². The first-order valence-electron chi connectivity index (χ1n) is 9.96. The highest BCUT2D eigenvalue weighted by Gasteiger charge is 2.27. The Morgan fingerprint density at radius 3 is 2.74 bits per heavy atom. The average Bonchev–Trinajstić information content (AvgIpc) is 3.51. The molecule has 1 fully saturated rings. The zero-order valence-electron chi connectivity index (χ0n) is 16.8. The summed E-state index contributed by atoms with van der Waals surface area (Å²) in [6, 6.07) is 14.1. The van der Waals surface area contributed by atoms with Gasteiger partial charge in [0.15, 0.2) is 0 Å². The average molecular weight is 433 g/mol. The number of amides is 1. The van der Waals surface area contributed by atoms with E-state index in [0.29, 0.717) is 34.6 Å². The molecule has 0 atom stereocenters. The maximum Gasteiger partial charge on any atom is 0.336 e. The third-order valence-corrected chi connectivity index (χ3v) is 6.13. The van der Waals surface area contributed by atoms with E-state index in [0.717, 1.165) is 34.4 Å². The van der Waals surface area contributed by atoms with Gasteiger partial charge in [0.2, 0.25) is 5.13 Å². The van der Waals surface area contributed by atoms with Crippen molar-refractivity contribution in [1.29, 1.82) is 0 Å². The number of ether oxygens (including phenoxy) is 1. The molecule has 1 saturated carbocycles. The van der Waals surface area contributed by atoms with Crippen molar-refractivity contribution in [3.8, 4) is 5.75 Å². The van der Waals surface area contributed by atoms with Crippen LogP contribution in [0.5, 0.6) is 5.75 Å². The molecule has 2 aromatic carbocycles. The van der Waals surface area contributed by atoms with Crippen molar-refractivity contribution in [3.63, 3.8) is 0 Å². The lowest BCUT2D eigenvalue weighted by molar-refractivity contribution is 0.102. The molecular weight excluding hydrogens is 414 g/mol. The van der Waals surface area contributed by atoms with Gasteiger partial charge in [-0.05, 0) is 55.2 Å². The standard InChI is InChI=1S/C23H19N3O4S/c1-13-10-20(27)30-19-11-17(8-9-18(13)19)29-12-14-2-4-15(5-3-14)21(28)24-23-26-25-22(31-23)16-6-7-16/h2-5,8-11,16H,6-7,12H2,1H3,(H,24,26,28). The normalized spacial score (nSPS) is 13.3. The first-order chi connectivity index (χ1) is 15.0. The van der Waals surface area contributed by atoms with Crippen molar-refractivity contribution in [1.82, 2.24) is 10.2 Å². The fourth-order valence-electron chi connectivity index (χ4n) is 3.26. The van der Waals surface area contributed by atoms with Crippen LogP contribution in [0.2, 0.25) is 0 Å². The Bertz CT molecular complexity index is 1320. The lowest BCUT2D eigenvalue weighted by atomic mass is 10.1. The Hall–Kier alpha value is -3.52. The first-order valence-corrected chi connectivity index (χ1v) is 10.8. The fourth-order valence-corrected chi connectivity index (χ4v) is 4.17. The predicted octanol–water partition coefficient (Wildman–Crippen LogP) is 4.66. The smallest absolute Gasteiger partial charge is 0.336 e. The van der Waals surface area contributed by atoms with E-state index in [2.05, 4.69) is 15.5 Å². The molecule has 4 aromatic rings. The number of fused-ring (bicyclic) bond motifs is 1. The largest absolute Gasteiger partial charge is 0.489 e. The van der Waals surface area contributed by atoms with Crippen molar-refractivity contribution in [3.05, 3.63) is 80.6 Å². The molecule has 5 rings (SSSR count). The van der Waals surface area contributed by atoms with E-state index in [4.69, 9.17) is 9.15 Å². The molecule has 2 aromatic heterocycles. The summed E-state index contributed by atoms with van der Waals surface area (Å²) < 4.78 is 11.1. The van der Waals surface area contributed by atoms with Gasteiger partial charge in [0, 0.05) is 29.0 Å². The molecule has 0 bridgehead atoms. The topological polar surface area (TPSA) is 94.3 Å². The molecule has 31 heavy (non-hydrogen) atoms. The molecular formula is C23H19N3O4S. The molecule has 1 N–H and O–H groups in total. The van der Waals surface area contributed by atoms with Gasteiger partial charge in [-0.2, -0.15) is 0 Å². The van der Waals surface area contributed by atoms with Crippen molar-refractivity contribution in [2.75, 3.05) is 5.32 Å². The summed E-state index contributed by atoms with van der Waals surface area (Å²) in [5.41, 5.74) is 2.43. The van der Waals surface area contributed by atoms with Crippen LogP contribution in [0.4, 0.5) is 5.13 Å². The minimum atomic E-state index is -0.381. The molecule has 156 valence electrons. The molecule has 0 unspecified atom stereocenters. The Balaban J connectivity index is 1.22. The number of nitrogens with one attached hydrogen (secondary N) is 1.